The number of pyridine rings is 1. The monoisotopic (exact) mass is 387 g/mol. The lowest BCUT2D eigenvalue weighted by atomic mass is 10.2. The predicted octanol–water partition coefficient (Wildman–Crippen LogP) is 1.85. The Bertz CT molecular complexity index is 643. The van der Waals surface area contributed by atoms with Gasteiger partial charge in [-0.15, -0.1) is 0 Å². The third kappa shape index (κ3) is 6.38. The highest BCUT2D eigenvalue weighted by atomic mass is 19.4. The topological polar surface area (TPSA) is 77.6 Å². The number of piperazine rings is 1. The number of nitrogens with one attached hydrogen (secondary N) is 2. The van der Waals surface area contributed by atoms with Crippen LogP contribution in [0.4, 0.5) is 23.8 Å². The van der Waals surface area contributed by atoms with Crippen molar-refractivity contribution in [3.05, 3.63) is 23.9 Å². The van der Waals surface area contributed by atoms with Gasteiger partial charge in [-0.25, -0.2) is 9.78 Å². The van der Waals surface area contributed by atoms with E-state index in [0.717, 1.165) is 18.7 Å². The molecule has 3 amide bonds. The van der Waals surface area contributed by atoms with Crippen molar-refractivity contribution in [3.8, 4) is 0 Å². The summed E-state index contributed by atoms with van der Waals surface area (Å²) in [5.41, 5.74) is -0.780. The first-order chi connectivity index (χ1) is 12.7. The largest absolute Gasteiger partial charge is 0.417 e. The molecule has 150 valence electrons. The van der Waals surface area contributed by atoms with Crippen LogP contribution in [0.2, 0.25) is 0 Å². The summed E-state index contributed by atoms with van der Waals surface area (Å²) in [4.78, 5) is 31.2. The van der Waals surface area contributed by atoms with Crippen LogP contribution in [-0.4, -0.2) is 60.6 Å². The van der Waals surface area contributed by atoms with Crippen molar-refractivity contribution < 1.29 is 22.8 Å². The summed E-state index contributed by atoms with van der Waals surface area (Å²) in [5.74, 6) is 0.0805. The average molecular weight is 387 g/mol. The van der Waals surface area contributed by atoms with Crippen LogP contribution in [0.15, 0.2) is 18.3 Å². The zero-order valence-electron chi connectivity index (χ0n) is 15.3. The highest BCUT2D eigenvalue weighted by molar-refractivity contribution is 5.95. The molecule has 0 aromatic carbocycles. The van der Waals surface area contributed by atoms with E-state index in [-0.39, 0.29) is 12.6 Å². The summed E-state index contributed by atoms with van der Waals surface area (Å²) in [5, 5.41) is 4.95. The maximum absolute atomic E-state index is 12.6. The molecule has 0 saturated carbocycles. The average Bonchev–Trinajstić information content (AvgIpc) is 2.61. The standard InChI is InChI=1S/C17H24F3N5O2/c1-3-12(2)22-16(27)23-15(26)11-24-6-8-25(9-7-24)14-5-4-13(10-21-14)17(18,19)20/h4-5,10,12H,3,6-9,11H2,1-2H3,(H2,22,23,26,27)/t12-/m1/s1. The summed E-state index contributed by atoms with van der Waals surface area (Å²) < 4.78 is 37.8. The Hall–Kier alpha value is -2.36. The molecule has 1 aliphatic rings. The molecular formula is C17H24F3N5O2. The molecule has 1 fully saturated rings. The number of nitrogens with zero attached hydrogens (tertiary/aromatic N) is 3. The fraction of sp³-hybridized carbons (Fsp3) is 0.588. The molecule has 2 heterocycles. The number of imide groups is 1. The fourth-order valence-electron chi connectivity index (χ4n) is 2.61. The number of hydrogen-bond acceptors (Lipinski definition) is 5. The number of halogens is 3. The molecule has 1 atom stereocenters. The summed E-state index contributed by atoms with van der Waals surface area (Å²) in [6.45, 7) is 6.01. The smallest absolute Gasteiger partial charge is 0.354 e. The van der Waals surface area contributed by atoms with Gasteiger partial charge in [0.25, 0.3) is 0 Å². The van der Waals surface area contributed by atoms with E-state index in [1.807, 2.05) is 23.6 Å². The van der Waals surface area contributed by atoms with Crippen LogP contribution in [0, 0.1) is 0 Å². The molecule has 0 aliphatic carbocycles. The molecule has 1 saturated heterocycles. The van der Waals surface area contributed by atoms with Crippen molar-refractivity contribution in [2.75, 3.05) is 37.6 Å². The van der Waals surface area contributed by atoms with Crippen molar-refractivity contribution in [2.45, 2.75) is 32.5 Å². The minimum atomic E-state index is -4.40. The Morgan fingerprint density at radius 3 is 2.41 bits per heavy atom. The van der Waals surface area contributed by atoms with Gasteiger partial charge < -0.3 is 10.2 Å². The number of aromatic nitrogens is 1. The first kappa shape index (κ1) is 20.9. The molecule has 0 bridgehead atoms. The van der Waals surface area contributed by atoms with Crippen molar-refractivity contribution in [1.29, 1.82) is 0 Å². The number of rotatable bonds is 5. The van der Waals surface area contributed by atoms with Gasteiger partial charge in [0.15, 0.2) is 0 Å². The van der Waals surface area contributed by atoms with Crippen LogP contribution in [0.3, 0.4) is 0 Å². The molecule has 0 unspecified atom stereocenters. The molecule has 7 nitrogen and oxygen atoms in total. The SMILES string of the molecule is CC[C@@H](C)NC(=O)NC(=O)CN1CCN(c2ccc(C(F)(F)F)cn2)CC1. The van der Waals surface area contributed by atoms with Gasteiger partial charge in [0.05, 0.1) is 12.1 Å². The zero-order chi connectivity index (χ0) is 20.0. The van der Waals surface area contributed by atoms with Gasteiger partial charge in [-0.2, -0.15) is 13.2 Å². The van der Waals surface area contributed by atoms with Gasteiger partial charge in [-0.05, 0) is 25.5 Å². The van der Waals surface area contributed by atoms with Crippen LogP contribution in [0.1, 0.15) is 25.8 Å². The van der Waals surface area contributed by atoms with Gasteiger partial charge in [0.1, 0.15) is 5.82 Å². The number of amides is 3. The van der Waals surface area contributed by atoms with E-state index >= 15 is 0 Å². The number of anilines is 1. The van der Waals surface area contributed by atoms with E-state index < -0.39 is 23.7 Å². The molecule has 27 heavy (non-hydrogen) atoms. The Morgan fingerprint density at radius 1 is 1.22 bits per heavy atom. The molecule has 1 aliphatic heterocycles. The first-order valence-corrected chi connectivity index (χ1v) is 8.80. The van der Waals surface area contributed by atoms with Gasteiger partial charge in [-0.3, -0.25) is 15.0 Å². The number of hydrogen-bond donors (Lipinski definition) is 2. The lowest BCUT2D eigenvalue weighted by molar-refractivity contribution is -0.137. The zero-order valence-corrected chi connectivity index (χ0v) is 15.3. The first-order valence-electron chi connectivity index (χ1n) is 8.80. The number of alkyl halides is 3. The lowest BCUT2D eigenvalue weighted by Gasteiger charge is -2.35. The molecule has 2 rings (SSSR count). The Labute approximate surface area is 155 Å². The van der Waals surface area contributed by atoms with E-state index in [1.54, 1.807) is 0 Å². The Morgan fingerprint density at radius 2 is 1.89 bits per heavy atom. The van der Waals surface area contributed by atoms with Crippen molar-refractivity contribution in [1.82, 2.24) is 20.5 Å². The van der Waals surface area contributed by atoms with E-state index in [1.165, 1.54) is 6.07 Å². The number of carbonyl (C=O) groups excluding carboxylic acids is 2. The maximum Gasteiger partial charge on any atom is 0.417 e. The van der Waals surface area contributed by atoms with E-state index in [0.29, 0.717) is 32.0 Å². The van der Waals surface area contributed by atoms with Gasteiger partial charge in [0.2, 0.25) is 5.91 Å². The molecule has 1 aromatic heterocycles. The third-order valence-electron chi connectivity index (χ3n) is 4.38. The Balaban J connectivity index is 1.78. The second kappa shape index (κ2) is 9.03. The van der Waals surface area contributed by atoms with E-state index in [9.17, 15) is 22.8 Å². The molecular weight excluding hydrogens is 363 g/mol. The van der Waals surface area contributed by atoms with Crippen molar-refractivity contribution in [3.63, 3.8) is 0 Å². The lowest BCUT2D eigenvalue weighted by Crippen LogP contribution is -2.51. The van der Waals surface area contributed by atoms with E-state index in [4.69, 9.17) is 0 Å². The van der Waals surface area contributed by atoms with Crippen molar-refractivity contribution in [2.24, 2.45) is 0 Å². The third-order valence-corrected chi connectivity index (χ3v) is 4.38. The summed E-state index contributed by atoms with van der Waals surface area (Å²) in [7, 11) is 0. The molecule has 10 heteroatoms. The summed E-state index contributed by atoms with van der Waals surface area (Å²) >= 11 is 0. The Kier molecular flexibility index (Phi) is 7.00. The van der Waals surface area contributed by atoms with Crippen LogP contribution < -0.4 is 15.5 Å². The number of carbonyl (C=O) groups is 2. The summed E-state index contributed by atoms with van der Waals surface area (Å²) in [6.07, 6.45) is -2.81. The van der Waals surface area contributed by atoms with Crippen LogP contribution in [0.25, 0.3) is 0 Å². The fourth-order valence-corrected chi connectivity index (χ4v) is 2.61. The van der Waals surface area contributed by atoms with Gasteiger partial charge in [0, 0.05) is 38.4 Å². The van der Waals surface area contributed by atoms with Crippen LogP contribution >= 0.6 is 0 Å². The van der Waals surface area contributed by atoms with Gasteiger partial charge >= 0.3 is 12.2 Å². The predicted molar refractivity (Wildman–Crippen MR) is 94.3 cm³/mol. The molecule has 0 radical (unpaired) electrons. The normalized spacial score (nSPS) is 16.7. The quantitative estimate of drug-likeness (QED) is 0.806. The van der Waals surface area contributed by atoms with Crippen molar-refractivity contribution >= 4 is 17.8 Å². The van der Waals surface area contributed by atoms with Gasteiger partial charge in [-0.1, -0.05) is 6.92 Å². The van der Waals surface area contributed by atoms with E-state index in [2.05, 4.69) is 15.6 Å². The minimum Gasteiger partial charge on any atom is -0.354 e. The minimum absolute atomic E-state index is 0.0161. The second-order valence-corrected chi connectivity index (χ2v) is 6.50. The molecule has 0 spiro atoms. The molecule has 1 aromatic rings. The van der Waals surface area contributed by atoms with Crippen LogP contribution in [0.5, 0.6) is 0 Å². The second-order valence-electron chi connectivity index (χ2n) is 6.50. The summed E-state index contributed by atoms with van der Waals surface area (Å²) in [6, 6.07) is 1.84. The number of urea groups is 1. The highest BCUT2D eigenvalue weighted by Gasteiger charge is 2.31. The maximum atomic E-state index is 12.6. The van der Waals surface area contributed by atoms with Crippen LogP contribution in [-0.2, 0) is 11.0 Å². The molecule has 2 N–H and O–H groups in total. The highest BCUT2D eigenvalue weighted by Crippen LogP contribution is 2.29.